The Hall–Kier alpha value is -1.72. The molecule has 2 N–H and O–H groups in total. The summed E-state index contributed by atoms with van der Waals surface area (Å²) in [4.78, 5) is 0.108. The fraction of sp³-hybridized carbons (Fsp3) is 0.0714. The van der Waals surface area contributed by atoms with E-state index >= 15 is 0 Å². The summed E-state index contributed by atoms with van der Waals surface area (Å²) in [6.07, 6.45) is 0. The third kappa shape index (κ3) is 3.43. The molecule has 0 amide bonds. The summed E-state index contributed by atoms with van der Waals surface area (Å²) in [5.41, 5.74) is 6.38. The third-order valence-corrected chi connectivity index (χ3v) is 3.20. The molecule has 0 saturated carbocycles. The van der Waals surface area contributed by atoms with Crippen molar-refractivity contribution in [3.05, 3.63) is 64.2 Å². The number of nitrogens with two attached hydrogens (primary N) is 1. The van der Waals surface area contributed by atoms with Crippen LogP contribution >= 0.6 is 23.8 Å². The van der Waals surface area contributed by atoms with Gasteiger partial charge in [-0.25, -0.2) is 8.78 Å². The molecule has 0 saturated heterocycles. The Morgan fingerprint density at radius 1 is 1.20 bits per heavy atom. The lowest BCUT2D eigenvalue weighted by Crippen LogP contribution is -2.09. The van der Waals surface area contributed by atoms with Crippen LogP contribution in [0.2, 0.25) is 5.02 Å². The van der Waals surface area contributed by atoms with E-state index in [1.807, 2.05) is 0 Å². The fourth-order valence-electron chi connectivity index (χ4n) is 1.57. The zero-order chi connectivity index (χ0) is 14.7. The van der Waals surface area contributed by atoms with E-state index < -0.39 is 11.6 Å². The maximum Gasteiger partial charge on any atom is 0.165 e. The van der Waals surface area contributed by atoms with Crippen LogP contribution in [0.3, 0.4) is 0 Å². The van der Waals surface area contributed by atoms with E-state index in [9.17, 15) is 8.78 Å². The number of hydrogen-bond donors (Lipinski definition) is 1. The molecule has 2 aromatic rings. The van der Waals surface area contributed by atoms with Crippen LogP contribution in [0.5, 0.6) is 5.75 Å². The highest BCUT2D eigenvalue weighted by atomic mass is 35.5. The highest BCUT2D eigenvalue weighted by Gasteiger charge is 2.08. The van der Waals surface area contributed by atoms with Gasteiger partial charge in [-0.15, -0.1) is 0 Å². The minimum atomic E-state index is -0.575. The molecule has 2 nitrogen and oxygen atoms in total. The number of benzene rings is 2. The molecule has 0 bridgehead atoms. The van der Waals surface area contributed by atoms with Crippen LogP contribution < -0.4 is 10.5 Å². The Balaban J connectivity index is 2.13. The largest absolute Gasteiger partial charge is 0.486 e. The van der Waals surface area contributed by atoms with Crippen LogP contribution in [-0.2, 0) is 6.61 Å². The Labute approximate surface area is 125 Å². The topological polar surface area (TPSA) is 35.2 Å². The lowest BCUT2D eigenvalue weighted by atomic mass is 10.2. The molecule has 2 rings (SSSR count). The number of thiocarbonyl (C=S) groups is 1. The lowest BCUT2D eigenvalue weighted by Gasteiger charge is -2.09. The Morgan fingerprint density at radius 3 is 2.55 bits per heavy atom. The molecule has 0 aliphatic carbocycles. The van der Waals surface area contributed by atoms with Crippen LogP contribution in [0.1, 0.15) is 11.1 Å². The maximum absolute atomic E-state index is 13.7. The van der Waals surface area contributed by atoms with E-state index in [0.717, 1.165) is 0 Å². The van der Waals surface area contributed by atoms with Gasteiger partial charge in [0.2, 0.25) is 0 Å². The molecule has 0 aromatic heterocycles. The first-order chi connectivity index (χ1) is 9.47. The normalized spacial score (nSPS) is 10.3. The van der Waals surface area contributed by atoms with Gasteiger partial charge in [0.15, 0.2) is 11.6 Å². The van der Waals surface area contributed by atoms with Gasteiger partial charge >= 0.3 is 0 Å². The highest BCUT2D eigenvalue weighted by Crippen LogP contribution is 2.22. The average molecular weight is 314 g/mol. The monoisotopic (exact) mass is 313 g/mol. The molecule has 104 valence electrons. The molecule has 0 heterocycles. The van der Waals surface area contributed by atoms with Crippen LogP contribution in [0, 0.1) is 11.6 Å². The second-order valence-corrected chi connectivity index (χ2v) is 4.88. The molecule has 0 atom stereocenters. The highest BCUT2D eigenvalue weighted by molar-refractivity contribution is 7.80. The third-order valence-electron chi connectivity index (χ3n) is 2.61. The number of rotatable bonds is 4. The molecule has 2 aromatic carbocycles. The zero-order valence-electron chi connectivity index (χ0n) is 10.2. The van der Waals surface area contributed by atoms with Gasteiger partial charge in [-0.3, -0.25) is 0 Å². The van der Waals surface area contributed by atoms with Crippen LogP contribution in [0.15, 0.2) is 36.4 Å². The van der Waals surface area contributed by atoms with E-state index in [1.54, 1.807) is 6.07 Å². The molecule has 0 spiro atoms. The standard InChI is InChI=1S/C14H10ClF2NOS/c15-11-6-10(16)3-1-9(11)7-19-13-4-2-8(14(18)20)5-12(13)17/h1-6H,7H2,(H2,18,20). The molecule has 0 aliphatic heterocycles. The molecule has 0 fully saturated rings. The Bertz CT molecular complexity index is 664. The summed E-state index contributed by atoms with van der Waals surface area (Å²) in [6, 6.07) is 8.11. The average Bonchev–Trinajstić information content (AvgIpc) is 2.38. The summed E-state index contributed by atoms with van der Waals surface area (Å²) >= 11 is 10.6. The maximum atomic E-state index is 13.7. The van der Waals surface area contributed by atoms with Crippen molar-refractivity contribution in [2.75, 3.05) is 0 Å². The first-order valence-electron chi connectivity index (χ1n) is 5.63. The molecular formula is C14H10ClF2NOS. The van der Waals surface area contributed by atoms with E-state index in [1.165, 1.54) is 30.3 Å². The second-order valence-electron chi connectivity index (χ2n) is 4.03. The zero-order valence-corrected chi connectivity index (χ0v) is 11.8. The smallest absolute Gasteiger partial charge is 0.165 e. The summed E-state index contributed by atoms with van der Waals surface area (Å²) in [6.45, 7) is 0.0302. The van der Waals surface area contributed by atoms with Crippen LogP contribution in [-0.4, -0.2) is 4.99 Å². The SMILES string of the molecule is NC(=S)c1ccc(OCc2ccc(F)cc2Cl)c(F)c1. The molecule has 6 heteroatoms. The number of hydrogen-bond acceptors (Lipinski definition) is 2. The van der Waals surface area contributed by atoms with Crippen molar-refractivity contribution in [1.29, 1.82) is 0 Å². The molecule has 0 radical (unpaired) electrons. The van der Waals surface area contributed by atoms with Crippen molar-refractivity contribution in [3.8, 4) is 5.75 Å². The number of ether oxygens (including phenoxy) is 1. The summed E-state index contributed by atoms with van der Waals surface area (Å²) in [5.74, 6) is -0.968. The van der Waals surface area contributed by atoms with Crippen LogP contribution in [0.25, 0.3) is 0 Å². The van der Waals surface area contributed by atoms with Crippen molar-refractivity contribution < 1.29 is 13.5 Å². The van der Waals surface area contributed by atoms with Crippen molar-refractivity contribution in [3.63, 3.8) is 0 Å². The minimum absolute atomic E-state index is 0.0302. The lowest BCUT2D eigenvalue weighted by molar-refractivity contribution is 0.290. The molecule has 0 aliphatic rings. The van der Waals surface area contributed by atoms with Gasteiger partial charge in [0, 0.05) is 11.1 Å². The number of halogens is 3. The van der Waals surface area contributed by atoms with E-state index in [-0.39, 0.29) is 22.4 Å². The van der Waals surface area contributed by atoms with Gasteiger partial charge in [-0.2, -0.15) is 0 Å². The van der Waals surface area contributed by atoms with Gasteiger partial charge in [0.1, 0.15) is 17.4 Å². The van der Waals surface area contributed by atoms with Gasteiger partial charge in [0.25, 0.3) is 0 Å². The quantitative estimate of drug-likeness (QED) is 0.871. The van der Waals surface area contributed by atoms with Crippen LogP contribution in [0.4, 0.5) is 8.78 Å². The fourth-order valence-corrected chi connectivity index (χ4v) is 1.91. The summed E-state index contributed by atoms with van der Waals surface area (Å²) in [5, 5.41) is 0.227. The summed E-state index contributed by atoms with van der Waals surface area (Å²) < 4.78 is 31.9. The van der Waals surface area contributed by atoms with Crippen molar-refractivity contribution in [1.82, 2.24) is 0 Å². The molecular weight excluding hydrogens is 304 g/mol. The second kappa shape index (κ2) is 6.15. The summed E-state index contributed by atoms with van der Waals surface area (Å²) in [7, 11) is 0. The predicted molar refractivity (Wildman–Crippen MR) is 78.0 cm³/mol. The van der Waals surface area contributed by atoms with E-state index in [2.05, 4.69) is 0 Å². The van der Waals surface area contributed by atoms with Crippen molar-refractivity contribution in [2.24, 2.45) is 5.73 Å². The van der Waals surface area contributed by atoms with Gasteiger partial charge in [-0.05, 0) is 30.3 Å². The first-order valence-corrected chi connectivity index (χ1v) is 6.42. The van der Waals surface area contributed by atoms with Crippen molar-refractivity contribution >= 4 is 28.8 Å². The Kier molecular flexibility index (Phi) is 4.52. The molecule has 20 heavy (non-hydrogen) atoms. The van der Waals surface area contributed by atoms with Gasteiger partial charge < -0.3 is 10.5 Å². The minimum Gasteiger partial charge on any atom is -0.486 e. The first kappa shape index (κ1) is 14.7. The van der Waals surface area contributed by atoms with E-state index in [4.69, 9.17) is 34.3 Å². The van der Waals surface area contributed by atoms with Gasteiger partial charge in [-0.1, -0.05) is 29.9 Å². The predicted octanol–water partition coefficient (Wildman–Crippen LogP) is 3.83. The molecule has 0 unspecified atom stereocenters. The Morgan fingerprint density at radius 2 is 1.95 bits per heavy atom. The van der Waals surface area contributed by atoms with E-state index in [0.29, 0.717) is 11.1 Å². The van der Waals surface area contributed by atoms with Gasteiger partial charge in [0.05, 0.1) is 5.02 Å². The van der Waals surface area contributed by atoms with Crippen molar-refractivity contribution in [2.45, 2.75) is 6.61 Å².